The fraction of sp³-hybridized carbons (Fsp3) is 0.429. The van der Waals surface area contributed by atoms with Gasteiger partial charge in [0.25, 0.3) is 11.5 Å². The second-order valence-electron chi connectivity index (χ2n) is 7.26. The molecule has 7 heteroatoms. The van der Waals surface area contributed by atoms with Crippen molar-refractivity contribution in [2.24, 2.45) is 0 Å². The molecular weight excluding hydrogens is 360 g/mol. The highest BCUT2D eigenvalue weighted by molar-refractivity contribution is 5.98. The third-order valence-electron chi connectivity index (χ3n) is 5.22. The lowest BCUT2D eigenvalue weighted by atomic mass is 10.1. The average Bonchev–Trinajstić information content (AvgIpc) is 3.47. The van der Waals surface area contributed by atoms with Crippen molar-refractivity contribution < 1.29 is 19.0 Å². The number of ether oxygens (including phenoxy) is 3. The molecule has 0 bridgehead atoms. The van der Waals surface area contributed by atoms with E-state index in [1.54, 1.807) is 36.3 Å². The lowest BCUT2D eigenvalue weighted by molar-refractivity contribution is 0.0174. The summed E-state index contributed by atoms with van der Waals surface area (Å²) >= 11 is 0. The summed E-state index contributed by atoms with van der Waals surface area (Å²) in [6.45, 7) is 2.85. The summed E-state index contributed by atoms with van der Waals surface area (Å²) in [6, 6.07) is 9.02. The second-order valence-corrected chi connectivity index (χ2v) is 7.26. The van der Waals surface area contributed by atoms with Crippen LogP contribution in [0.3, 0.4) is 0 Å². The van der Waals surface area contributed by atoms with Gasteiger partial charge in [-0.2, -0.15) is 0 Å². The molecule has 1 saturated carbocycles. The van der Waals surface area contributed by atoms with Crippen LogP contribution in [0.15, 0.2) is 35.1 Å². The molecule has 0 atom stereocenters. The zero-order chi connectivity index (χ0) is 19.8. The Balaban J connectivity index is 1.41. The SMILES string of the molecule is COc1cccc(C(=O)N2CC(Oc3cc(C)n(C4CC4)c(=O)c3)C2)c1OC. The molecule has 1 aromatic heterocycles. The van der Waals surface area contributed by atoms with Gasteiger partial charge in [0.2, 0.25) is 0 Å². The average molecular weight is 384 g/mol. The van der Waals surface area contributed by atoms with Crippen LogP contribution in [0.5, 0.6) is 17.2 Å². The standard InChI is InChI=1S/C21H24N2O5/c1-13-9-15(10-19(24)23(13)14-7-8-14)28-16-11-22(12-16)21(25)17-5-4-6-18(26-2)20(17)27-3/h4-6,9-10,14,16H,7-8,11-12H2,1-3H3. The Kier molecular flexibility index (Phi) is 4.75. The first-order valence-corrected chi connectivity index (χ1v) is 9.42. The number of hydrogen-bond donors (Lipinski definition) is 0. The van der Waals surface area contributed by atoms with Crippen LogP contribution in [0.4, 0.5) is 0 Å². The Hall–Kier alpha value is -2.96. The van der Waals surface area contributed by atoms with Crippen LogP contribution < -0.4 is 19.8 Å². The molecule has 2 fully saturated rings. The maximum atomic E-state index is 12.8. The van der Waals surface area contributed by atoms with Crippen molar-refractivity contribution in [1.29, 1.82) is 0 Å². The minimum absolute atomic E-state index is 0.0223. The fourth-order valence-corrected chi connectivity index (χ4v) is 3.65. The number of amides is 1. The first-order valence-electron chi connectivity index (χ1n) is 9.42. The van der Waals surface area contributed by atoms with Crippen LogP contribution >= 0.6 is 0 Å². The Morgan fingerprint density at radius 1 is 1.11 bits per heavy atom. The Morgan fingerprint density at radius 3 is 2.46 bits per heavy atom. The highest BCUT2D eigenvalue weighted by atomic mass is 16.5. The van der Waals surface area contributed by atoms with E-state index >= 15 is 0 Å². The quantitative estimate of drug-likeness (QED) is 0.765. The van der Waals surface area contributed by atoms with Crippen LogP contribution in [0.1, 0.15) is 34.9 Å². The Morgan fingerprint density at radius 2 is 1.86 bits per heavy atom. The molecule has 2 heterocycles. The highest BCUT2D eigenvalue weighted by Gasteiger charge is 2.35. The van der Waals surface area contributed by atoms with Gasteiger partial charge in [-0.15, -0.1) is 0 Å². The number of rotatable bonds is 6. The molecule has 28 heavy (non-hydrogen) atoms. The molecule has 148 valence electrons. The first kappa shape index (κ1) is 18.4. The molecular formula is C21H24N2O5. The summed E-state index contributed by atoms with van der Waals surface area (Å²) in [7, 11) is 3.06. The first-order chi connectivity index (χ1) is 13.5. The third kappa shape index (κ3) is 3.32. The summed E-state index contributed by atoms with van der Waals surface area (Å²) < 4.78 is 18.4. The maximum absolute atomic E-state index is 12.8. The van der Waals surface area contributed by atoms with Crippen molar-refractivity contribution in [1.82, 2.24) is 9.47 Å². The number of methoxy groups -OCH3 is 2. The predicted octanol–water partition coefficient (Wildman–Crippen LogP) is 2.41. The molecule has 1 aliphatic carbocycles. The molecule has 1 amide bonds. The molecule has 2 aromatic rings. The number of aryl methyl sites for hydroxylation is 1. The van der Waals surface area contributed by atoms with Crippen molar-refractivity contribution >= 4 is 5.91 Å². The van der Waals surface area contributed by atoms with Crippen LogP contribution in [-0.2, 0) is 0 Å². The van der Waals surface area contributed by atoms with Gasteiger partial charge in [0.15, 0.2) is 11.5 Å². The largest absolute Gasteiger partial charge is 0.493 e. The van der Waals surface area contributed by atoms with Gasteiger partial charge in [-0.25, -0.2) is 0 Å². The van der Waals surface area contributed by atoms with E-state index in [0.29, 0.717) is 41.9 Å². The van der Waals surface area contributed by atoms with E-state index < -0.39 is 0 Å². The predicted molar refractivity (Wildman–Crippen MR) is 104 cm³/mol. The number of hydrogen-bond acceptors (Lipinski definition) is 5. The van der Waals surface area contributed by atoms with E-state index in [1.807, 2.05) is 17.6 Å². The summed E-state index contributed by atoms with van der Waals surface area (Å²) in [5.41, 5.74) is 1.35. The van der Waals surface area contributed by atoms with E-state index in [-0.39, 0.29) is 17.6 Å². The molecule has 4 rings (SSSR count). The lowest BCUT2D eigenvalue weighted by Gasteiger charge is -2.39. The number of pyridine rings is 1. The minimum atomic E-state index is -0.129. The molecule has 1 saturated heterocycles. The van der Waals surface area contributed by atoms with Gasteiger partial charge in [0.05, 0.1) is 32.9 Å². The van der Waals surface area contributed by atoms with Crippen LogP contribution in [0.25, 0.3) is 0 Å². The highest BCUT2D eigenvalue weighted by Crippen LogP contribution is 2.35. The van der Waals surface area contributed by atoms with Crippen molar-refractivity contribution in [3.05, 3.63) is 51.9 Å². The van der Waals surface area contributed by atoms with E-state index in [4.69, 9.17) is 14.2 Å². The smallest absolute Gasteiger partial charge is 0.258 e. The molecule has 1 aliphatic heterocycles. The number of benzene rings is 1. The van der Waals surface area contributed by atoms with Crippen molar-refractivity contribution in [3.8, 4) is 17.2 Å². The number of carbonyl (C=O) groups is 1. The number of nitrogens with zero attached hydrogens (tertiary/aromatic N) is 2. The second kappa shape index (κ2) is 7.22. The lowest BCUT2D eigenvalue weighted by Crippen LogP contribution is -2.56. The zero-order valence-electron chi connectivity index (χ0n) is 16.3. The van der Waals surface area contributed by atoms with E-state index in [2.05, 4.69) is 0 Å². The molecule has 0 unspecified atom stereocenters. The molecule has 1 aromatic carbocycles. The minimum Gasteiger partial charge on any atom is -0.493 e. The van der Waals surface area contributed by atoms with Crippen molar-refractivity contribution in [3.63, 3.8) is 0 Å². The van der Waals surface area contributed by atoms with Crippen molar-refractivity contribution in [2.45, 2.75) is 31.9 Å². The van der Waals surface area contributed by atoms with Crippen LogP contribution in [-0.4, -0.2) is 48.8 Å². The Labute approximate surface area is 163 Å². The van der Waals surface area contributed by atoms with Gasteiger partial charge in [0.1, 0.15) is 11.9 Å². The maximum Gasteiger partial charge on any atom is 0.258 e. The number of aromatic nitrogens is 1. The third-order valence-corrected chi connectivity index (χ3v) is 5.22. The molecule has 0 spiro atoms. The molecule has 0 N–H and O–H groups in total. The van der Waals surface area contributed by atoms with E-state index in [0.717, 1.165) is 18.5 Å². The van der Waals surface area contributed by atoms with Gasteiger partial charge < -0.3 is 23.7 Å². The van der Waals surface area contributed by atoms with Crippen LogP contribution in [0.2, 0.25) is 0 Å². The van der Waals surface area contributed by atoms with Gasteiger partial charge in [-0.3, -0.25) is 9.59 Å². The van der Waals surface area contributed by atoms with Crippen LogP contribution in [0, 0.1) is 6.92 Å². The normalized spacial score (nSPS) is 16.5. The molecule has 2 aliphatic rings. The monoisotopic (exact) mass is 384 g/mol. The van der Waals surface area contributed by atoms with Gasteiger partial charge >= 0.3 is 0 Å². The fourth-order valence-electron chi connectivity index (χ4n) is 3.65. The van der Waals surface area contributed by atoms with Crippen molar-refractivity contribution in [2.75, 3.05) is 27.3 Å². The topological polar surface area (TPSA) is 70.0 Å². The molecule has 7 nitrogen and oxygen atoms in total. The summed E-state index contributed by atoms with van der Waals surface area (Å²) in [5.74, 6) is 1.39. The number of likely N-dealkylation sites (tertiary alicyclic amines) is 1. The van der Waals surface area contributed by atoms with E-state index in [9.17, 15) is 9.59 Å². The van der Waals surface area contributed by atoms with Gasteiger partial charge in [-0.1, -0.05) is 6.07 Å². The summed E-state index contributed by atoms with van der Waals surface area (Å²) in [6.07, 6.45) is 2.00. The summed E-state index contributed by atoms with van der Waals surface area (Å²) in [5, 5.41) is 0. The van der Waals surface area contributed by atoms with Gasteiger partial charge in [0, 0.05) is 17.8 Å². The molecule has 0 radical (unpaired) electrons. The zero-order valence-corrected chi connectivity index (χ0v) is 16.3. The summed E-state index contributed by atoms with van der Waals surface area (Å²) in [4.78, 5) is 26.8. The number of carbonyl (C=O) groups excluding carboxylic acids is 1. The van der Waals surface area contributed by atoms with E-state index in [1.165, 1.54) is 7.11 Å². The van der Waals surface area contributed by atoms with Gasteiger partial charge in [-0.05, 0) is 38.0 Å². The number of para-hydroxylation sites is 1. The Bertz CT molecular complexity index is 958.